The number of allylic oxidation sites excluding steroid dienone is 1. The van der Waals surface area contributed by atoms with Crippen LogP contribution in [0.5, 0.6) is 0 Å². The maximum absolute atomic E-state index is 13.7. The number of carbonyl (C=O) groups is 1. The van der Waals surface area contributed by atoms with E-state index in [9.17, 15) is 18.0 Å². The average Bonchev–Trinajstić information content (AvgIpc) is 2.89. The number of carbonyl (C=O) groups excluding carboxylic acids is 1. The van der Waals surface area contributed by atoms with Crippen molar-refractivity contribution in [3.8, 4) is 0 Å². The lowest BCUT2D eigenvalue weighted by Crippen LogP contribution is -2.18. The number of ketones is 1. The van der Waals surface area contributed by atoms with Crippen LogP contribution in [-0.2, 0) is 0 Å². The molecule has 0 unspecified atom stereocenters. The van der Waals surface area contributed by atoms with E-state index in [-0.39, 0.29) is 11.1 Å². The van der Waals surface area contributed by atoms with Crippen molar-refractivity contribution in [1.29, 1.82) is 0 Å². The number of benzene rings is 2. The molecule has 1 aromatic heterocycles. The van der Waals surface area contributed by atoms with Crippen molar-refractivity contribution in [3.63, 3.8) is 0 Å². The Morgan fingerprint density at radius 2 is 1.68 bits per heavy atom. The molecule has 0 fully saturated rings. The molecule has 1 heterocycles. The van der Waals surface area contributed by atoms with Gasteiger partial charge in [-0.15, -0.1) is 0 Å². The quantitative estimate of drug-likeness (QED) is 0.617. The van der Waals surface area contributed by atoms with Crippen molar-refractivity contribution in [1.82, 2.24) is 4.98 Å². The Morgan fingerprint density at radius 1 is 0.960 bits per heavy atom. The summed E-state index contributed by atoms with van der Waals surface area (Å²) in [6.45, 7) is 1.81. The number of rotatable bonds is 1. The molecule has 0 saturated heterocycles. The molecule has 0 saturated carbocycles. The van der Waals surface area contributed by atoms with Gasteiger partial charge < -0.3 is 0 Å². The molecule has 2 nitrogen and oxygen atoms in total. The molecule has 4 rings (SSSR count). The summed E-state index contributed by atoms with van der Waals surface area (Å²) in [7, 11) is 0. The normalized spacial score (nSPS) is 14.3. The molecule has 3 aromatic rings. The largest absolute Gasteiger partial charge is 0.420 e. The van der Waals surface area contributed by atoms with Gasteiger partial charge in [-0.05, 0) is 24.1 Å². The van der Waals surface area contributed by atoms with Crippen molar-refractivity contribution in [2.45, 2.75) is 13.1 Å². The van der Waals surface area contributed by atoms with Gasteiger partial charge in [0.1, 0.15) is 5.57 Å². The van der Waals surface area contributed by atoms with E-state index < -0.39 is 17.5 Å². The van der Waals surface area contributed by atoms with Gasteiger partial charge >= 0.3 is 6.18 Å². The van der Waals surface area contributed by atoms with Crippen LogP contribution < -0.4 is 0 Å². The molecule has 0 radical (unpaired) electrons. The van der Waals surface area contributed by atoms with Gasteiger partial charge in [-0.3, -0.25) is 9.78 Å². The monoisotopic (exact) mass is 339 g/mol. The third-order valence-corrected chi connectivity index (χ3v) is 4.42. The molecule has 5 heteroatoms. The summed E-state index contributed by atoms with van der Waals surface area (Å²) in [5.74, 6) is -1.01. The van der Waals surface area contributed by atoms with E-state index >= 15 is 0 Å². The van der Waals surface area contributed by atoms with Crippen LogP contribution in [0.25, 0.3) is 16.5 Å². The Bertz CT molecular complexity index is 1050. The first-order valence-electron chi connectivity index (χ1n) is 7.70. The van der Waals surface area contributed by atoms with Gasteiger partial charge in [-0.1, -0.05) is 42.5 Å². The van der Waals surface area contributed by atoms with Gasteiger partial charge in [0, 0.05) is 28.3 Å². The molecule has 0 aliphatic heterocycles. The van der Waals surface area contributed by atoms with Gasteiger partial charge in [0.25, 0.3) is 0 Å². The van der Waals surface area contributed by atoms with Crippen molar-refractivity contribution in [2.24, 2.45) is 0 Å². The predicted octanol–water partition coefficient (Wildman–Crippen LogP) is 5.10. The van der Waals surface area contributed by atoms with E-state index in [1.54, 1.807) is 42.5 Å². The number of fused-ring (bicyclic) bond motifs is 3. The van der Waals surface area contributed by atoms with Crippen LogP contribution in [0.4, 0.5) is 13.2 Å². The number of halogens is 3. The van der Waals surface area contributed by atoms with Gasteiger partial charge in [-0.25, -0.2) is 0 Å². The zero-order valence-electron chi connectivity index (χ0n) is 13.2. The molecule has 0 atom stereocenters. The van der Waals surface area contributed by atoms with E-state index in [1.807, 2.05) is 13.0 Å². The Balaban J connectivity index is 2.19. The SMILES string of the molecule is Cc1cccc2ncc3c(c12)C(c1ccccc1)=C(C(F)(F)F)C3=O. The van der Waals surface area contributed by atoms with Gasteiger partial charge in [-0.2, -0.15) is 13.2 Å². The fourth-order valence-electron chi connectivity index (χ4n) is 3.39. The lowest BCUT2D eigenvalue weighted by molar-refractivity contribution is -0.0878. The highest BCUT2D eigenvalue weighted by atomic mass is 19.4. The Kier molecular flexibility index (Phi) is 3.29. The third-order valence-electron chi connectivity index (χ3n) is 4.42. The second-order valence-corrected chi connectivity index (χ2v) is 5.96. The smallest absolute Gasteiger partial charge is 0.289 e. The second-order valence-electron chi connectivity index (χ2n) is 5.96. The number of aromatic nitrogens is 1. The molecule has 1 aliphatic rings. The standard InChI is InChI=1S/C20H12F3NO/c1-11-6-5-9-14-15(11)17-13(10-24-14)19(25)18(20(21,22)23)16(17)12-7-3-2-4-8-12/h2-10H,1H3. The number of alkyl halides is 3. The van der Waals surface area contributed by atoms with Crippen LogP contribution in [0.2, 0.25) is 0 Å². The first kappa shape index (κ1) is 15.6. The molecular formula is C20H12F3NO. The van der Waals surface area contributed by atoms with E-state index in [2.05, 4.69) is 4.98 Å². The van der Waals surface area contributed by atoms with Crippen molar-refractivity contribution in [2.75, 3.05) is 0 Å². The summed E-state index contributed by atoms with van der Waals surface area (Å²) in [6, 6.07) is 13.6. The highest BCUT2D eigenvalue weighted by Crippen LogP contribution is 2.47. The van der Waals surface area contributed by atoms with Crippen LogP contribution >= 0.6 is 0 Å². The van der Waals surface area contributed by atoms with Crippen LogP contribution in [0.3, 0.4) is 0 Å². The molecule has 1 aliphatic carbocycles. The van der Waals surface area contributed by atoms with Crippen LogP contribution in [-0.4, -0.2) is 16.9 Å². The highest BCUT2D eigenvalue weighted by Gasteiger charge is 2.47. The minimum Gasteiger partial charge on any atom is -0.289 e. The third kappa shape index (κ3) is 2.27. The fraction of sp³-hybridized carbons (Fsp3) is 0.100. The fourth-order valence-corrected chi connectivity index (χ4v) is 3.39. The molecular weight excluding hydrogens is 327 g/mol. The summed E-state index contributed by atoms with van der Waals surface area (Å²) in [4.78, 5) is 16.8. The number of pyridine rings is 1. The Morgan fingerprint density at radius 3 is 2.36 bits per heavy atom. The van der Waals surface area contributed by atoms with Crippen molar-refractivity contribution in [3.05, 3.63) is 82.6 Å². The van der Waals surface area contributed by atoms with Gasteiger partial charge in [0.15, 0.2) is 0 Å². The second kappa shape index (κ2) is 5.28. The zero-order valence-corrected chi connectivity index (χ0v) is 13.2. The molecule has 25 heavy (non-hydrogen) atoms. The van der Waals surface area contributed by atoms with E-state index in [0.717, 1.165) is 5.56 Å². The number of hydrogen-bond donors (Lipinski definition) is 0. The van der Waals surface area contributed by atoms with Crippen LogP contribution in [0.15, 0.2) is 60.3 Å². The minimum absolute atomic E-state index is 0.00739. The Labute approximate surface area is 141 Å². The van der Waals surface area contributed by atoms with E-state index in [4.69, 9.17) is 0 Å². The predicted molar refractivity (Wildman–Crippen MR) is 89.3 cm³/mol. The number of nitrogens with zero attached hydrogens (tertiary/aromatic N) is 1. The summed E-state index contributed by atoms with van der Waals surface area (Å²) < 4.78 is 41.1. The summed E-state index contributed by atoms with van der Waals surface area (Å²) in [5.41, 5.74) is 0.883. The molecule has 0 N–H and O–H groups in total. The van der Waals surface area contributed by atoms with E-state index in [1.165, 1.54) is 6.20 Å². The maximum atomic E-state index is 13.7. The van der Waals surface area contributed by atoms with E-state index in [0.29, 0.717) is 22.0 Å². The lowest BCUT2D eigenvalue weighted by Gasteiger charge is -2.13. The van der Waals surface area contributed by atoms with Gasteiger partial charge in [0.05, 0.1) is 5.52 Å². The highest BCUT2D eigenvalue weighted by molar-refractivity contribution is 6.26. The molecule has 2 aromatic carbocycles. The van der Waals surface area contributed by atoms with Crippen molar-refractivity contribution < 1.29 is 18.0 Å². The summed E-state index contributed by atoms with van der Waals surface area (Å²) in [6.07, 6.45) is -3.49. The summed E-state index contributed by atoms with van der Waals surface area (Å²) >= 11 is 0. The lowest BCUT2D eigenvalue weighted by atomic mass is 9.93. The first-order valence-corrected chi connectivity index (χ1v) is 7.70. The average molecular weight is 339 g/mol. The number of hydrogen-bond acceptors (Lipinski definition) is 2. The minimum atomic E-state index is -4.74. The number of Topliss-reactive ketones (excluding diaryl/α,β-unsaturated/α-hetero) is 1. The van der Waals surface area contributed by atoms with Crippen LogP contribution in [0, 0.1) is 6.92 Å². The molecule has 0 bridgehead atoms. The first-order chi connectivity index (χ1) is 11.9. The maximum Gasteiger partial charge on any atom is 0.420 e. The molecule has 0 spiro atoms. The summed E-state index contributed by atoms with van der Waals surface area (Å²) in [5, 5.41) is 0.589. The Hall–Kier alpha value is -2.95. The molecule has 124 valence electrons. The topological polar surface area (TPSA) is 30.0 Å². The number of aryl methyl sites for hydroxylation is 1. The van der Waals surface area contributed by atoms with Crippen molar-refractivity contribution >= 4 is 22.3 Å². The zero-order chi connectivity index (χ0) is 17.8. The van der Waals surface area contributed by atoms with Crippen LogP contribution in [0.1, 0.15) is 27.0 Å². The van der Waals surface area contributed by atoms with Gasteiger partial charge in [0.2, 0.25) is 5.78 Å². The molecule has 0 amide bonds.